The molecule has 0 N–H and O–H groups in total. The van der Waals surface area contributed by atoms with Gasteiger partial charge in [0.05, 0.1) is 4.90 Å². The summed E-state index contributed by atoms with van der Waals surface area (Å²) in [5, 5.41) is 0. The number of fused-ring (bicyclic) bond motifs is 2. The molecule has 1 aromatic carbocycles. The third kappa shape index (κ3) is 3.21. The Morgan fingerprint density at radius 3 is 2.12 bits per heavy atom. The van der Waals surface area contributed by atoms with E-state index in [-0.39, 0.29) is 10.8 Å². The summed E-state index contributed by atoms with van der Waals surface area (Å²) < 4.78 is 25.5. The maximum atomic E-state index is 13.0. The van der Waals surface area contributed by atoms with Gasteiger partial charge in [0, 0.05) is 31.7 Å². The third-order valence-electron chi connectivity index (χ3n) is 5.82. The summed E-state index contributed by atoms with van der Waals surface area (Å²) in [6, 6.07) is 6.97. The maximum Gasteiger partial charge on any atom is 0.254 e. The zero-order valence-corrected chi connectivity index (χ0v) is 16.2. The monoisotopic (exact) mass is 374 g/mol. The Labute approximate surface area is 155 Å². The molecule has 1 saturated carbocycles. The van der Waals surface area contributed by atoms with E-state index in [1.165, 1.54) is 48.9 Å². The molecular formula is C20H26N2O3S. The fraction of sp³-hybridized carbons (Fsp3) is 0.550. The van der Waals surface area contributed by atoms with Crippen LogP contribution in [-0.4, -0.2) is 49.7 Å². The van der Waals surface area contributed by atoms with Crippen molar-refractivity contribution in [1.82, 2.24) is 9.21 Å². The number of benzene rings is 1. The van der Waals surface area contributed by atoms with Crippen LogP contribution in [0.2, 0.25) is 0 Å². The van der Waals surface area contributed by atoms with E-state index in [1.54, 1.807) is 12.1 Å². The predicted octanol–water partition coefficient (Wildman–Crippen LogP) is 3.04. The Hall–Kier alpha value is -1.66. The van der Waals surface area contributed by atoms with Crippen LogP contribution in [0.1, 0.15) is 48.9 Å². The maximum absolute atomic E-state index is 13.0. The minimum Gasteiger partial charge on any atom is -0.332 e. The van der Waals surface area contributed by atoms with Crippen molar-refractivity contribution in [3.05, 3.63) is 41.5 Å². The van der Waals surface area contributed by atoms with E-state index in [2.05, 4.69) is 11.0 Å². The molecule has 2 bridgehead atoms. The molecule has 140 valence electrons. The second-order valence-corrected chi connectivity index (χ2v) is 10.1. The summed E-state index contributed by atoms with van der Waals surface area (Å²) in [4.78, 5) is 15.3. The van der Waals surface area contributed by atoms with Crippen molar-refractivity contribution in [2.24, 2.45) is 5.92 Å². The van der Waals surface area contributed by atoms with Crippen LogP contribution < -0.4 is 0 Å². The van der Waals surface area contributed by atoms with Crippen LogP contribution in [0.5, 0.6) is 0 Å². The molecule has 3 aliphatic rings. The van der Waals surface area contributed by atoms with Crippen molar-refractivity contribution < 1.29 is 13.2 Å². The molecule has 6 heteroatoms. The van der Waals surface area contributed by atoms with Gasteiger partial charge in [-0.1, -0.05) is 11.6 Å². The van der Waals surface area contributed by atoms with Gasteiger partial charge in [-0.3, -0.25) is 4.79 Å². The molecule has 1 amide bonds. The first-order chi connectivity index (χ1) is 12.4. The van der Waals surface area contributed by atoms with Crippen LogP contribution in [0.25, 0.3) is 0 Å². The van der Waals surface area contributed by atoms with Gasteiger partial charge in [0.25, 0.3) is 5.91 Å². The van der Waals surface area contributed by atoms with Gasteiger partial charge < -0.3 is 4.90 Å². The van der Waals surface area contributed by atoms with Gasteiger partial charge in [0.15, 0.2) is 0 Å². The van der Waals surface area contributed by atoms with E-state index in [0.717, 1.165) is 31.6 Å². The van der Waals surface area contributed by atoms with E-state index >= 15 is 0 Å². The van der Waals surface area contributed by atoms with E-state index in [1.807, 2.05) is 0 Å². The molecule has 2 saturated heterocycles. The lowest BCUT2D eigenvalue weighted by Crippen LogP contribution is -2.44. The Kier molecular flexibility index (Phi) is 4.43. The highest BCUT2D eigenvalue weighted by Crippen LogP contribution is 2.42. The highest BCUT2D eigenvalue weighted by molar-refractivity contribution is 7.89. The standard InChI is InChI=1S/C20H26N2O3S/c1-21(2)26(24,25)19-9-5-16(6-10-19)20(23)22-17-7-8-18(22)13-15(12-17)11-14-3-4-14/h5-6,9-11,14,17-18H,3-4,7-8,12-13H2,1-2H3. The second-order valence-electron chi connectivity index (χ2n) is 7.98. The summed E-state index contributed by atoms with van der Waals surface area (Å²) in [5.41, 5.74) is 2.12. The Morgan fingerprint density at radius 2 is 1.62 bits per heavy atom. The fourth-order valence-corrected chi connectivity index (χ4v) is 5.15. The van der Waals surface area contributed by atoms with Crippen molar-refractivity contribution in [3.8, 4) is 0 Å². The van der Waals surface area contributed by atoms with Crippen molar-refractivity contribution in [2.45, 2.75) is 55.5 Å². The minimum atomic E-state index is -3.47. The first-order valence-corrected chi connectivity index (χ1v) is 10.8. The average molecular weight is 375 g/mol. The first kappa shape index (κ1) is 17.7. The molecular weight excluding hydrogens is 348 g/mol. The molecule has 5 nitrogen and oxygen atoms in total. The lowest BCUT2D eigenvalue weighted by atomic mass is 9.94. The zero-order valence-electron chi connectivity index (χ0n) is 15.4. The number of amides is 1. The van der Waals surface area contributed by atoms with Crippen LogP contribution in [-0.2, 0) is 10.0 Å². The summed E-state index contributed by atoms with van der Waals surface area (Å²) in [6.07, 6.45) is 9.26. The molecule has 0 radical (unpaired) electrons. The summed E-state index contributed by atoms with van der Waals surface area (Å²) >= 11 is 0. The lowest BCUT2D eigenvalue weighted by molar-refractivity contribution is 0.0634. The van der Waals surface area contributed by atoms with Crippen LogP contribution in [0.15, 0.2) is 40.8 Å². The third-order valence-corrected chi connectivity index (χ3v) is 7.65. The number of carbonyl (C=O) groups excluding carboxylic acids is 1. The minimum absolute atomic E-state index is 0.0387. The number of hydrogen-bond acceptors (Lipinski definition) is 3. The van der Waals surface area contributed by atoms with Crippen molar-refractivity contribution in [3.63, 3.8) is 0 Å². The molecule has 0 spiro atoms. The normalized spacial score (nSPS) is 25.7. The topological polar surface area (TPSA) is 57.7 Å². The quantitative estimate of drug-likeness (QED) is 0.761. The lowest BCUT2D eigenvalue weighted by Gasteiger charge is -2.36. The van der Waals surface area contributed by atoms with Crippen molar-refractivity contribution in [1.29, 1.82) is 0 Å². The highest BCUT2D eigenvalue weighted by atomic mass is 32.2. The summed E-state index contributed by atoms with van der Waals surface area (Å²) in [7, 11) is -0.452. The van der Waals surface area contributed by atoms with E-state index < -0.39 is 10.0 Å². The smallest absolute Gasteiger partial charge is 0.254 e. The first-order valence-electron chi connectivity index (χ1n) is 9.41. The number of hydrogen-bond donors (Lipinski definition) is 0. The number of allylic oxidation sites excluding steroid dienone is 1. The molecule has 2 unspecified atom stereocenters. The van der Waals surface area contributed by atoms with Gasteiger partial charge in [0.1, 0.15) is 0 Å². The Balaban J connectivity index is 1.51. The summed E-state index contributed by atoms with van der Waals surface area (Å²) in [5.74, 6) is 0.828. The van der Waals surface area contributed by atoms with E-state index in [0.29, 0.717) is 17.6 Å². The number of nitrogens with zero attached hydrogens (tertiary/aromatic N) is 2. The largest absolute Gasteiger partial charge is 0.332 e. The molecule has 0 aromatic heterocycles. The number of piperidine rings is 1. The second kappa shape index (κ2) is 6.50. The van der Waals surface area contributed by atoms with Crippen LogP contribution >= 0.6 is 0 Å². The highest BCUT2D eigenvalue weighted by Gasteiger charge is 2.41. The molecule has 26 heavy (non-hydrogen) atoms. The van der Waals surface area contributed by atoms with Gasteiger partial charge in [-0.15, -0.1) is 0 Å². The number of sulfonamides is 1. The predicted molar refractivity (Wildman–Crippen MR) is 100 cm³/mol. The summed E-state index contributed by atoms with van der Waals surface area (Å²) in [6.45, 7) is 0. The zero-order chi connectivity index (χ0) is 18.5. The Bertz CT molecular complexity index is 822. The van der Waals surface area contributed by atoms with Crippen LogP contribution in [0, 0.1) is 5.92 Å². The molecule has 4 rings (SSSR count). The van der Waals surface area contributed by atoms with Gasteiger partial charge in [-0.2, -0.15) is 0 Å². The van der Waals surface area contributed by atoms with Crippen LogP contribution in [0.4, 0.5) is 0 Å². The SMILES string of the molecule is CN(C)S(=O)(=O)c1ccc(C(=O)N2C3CCC2CC(=CC2CC2)C3)cc1. The molecule has 2 heterocycles. The van der Waals surface area contributed by atoms with Gasteiger partial charge in [0.2, 0.25) is 10.0 Å². The van der Waals surface area contributed by atoms with Crippen molar-refractivity contribution >= 4 is 15.9 Å². The molecule has 2 atom stereocenters. The number of rotatable bonds is 4. The van der Waals surface area contributed by atoms with Gasteiger partial charge in [-0.05, 0) is 68.7 Å². The van der Waals surface area contributed by atoms with Gasteiger partial charge in [-0.25, -0.2) is 12.7 Å². The van der Waals surface area contributed by atoms with Crippen LogP contribution in [0.3, 0.4) is 0 Å². The van der Waals surface area contributed by atoms with E-state index in [9.17, 15) is 13.2 Å². The number of carbonyl (C=O) groups is 1. The fourth-order valence-electron chi connectivity index (χ4n) is 4.24. The Morgan fingerprint density at radius 1 is 1.04 bits per heavy atom. The average Bonchev–Trinajstić information content (AvgIpc) is 3.38. The van der Waals surface area contributed by atoms with Gasteiger partial charge >= 0.3 is 0 Å². The van der Waals surface area contributed by atoms with E-state index in [4.69, 9.17) is 0 Å². The molecule has 2 aliphatic heterocycles. The molecule has 1 aliphatic carbocycles. The molecule has 1 aromatic rings. The van der Waals surface area contributed by atoms with Crippen molar-refractivity contribution in [2.75, 3.05) is 14.1 Å². The molecule has 3 fully saturated rings.